The van der Waals surface area contributed by atoms with E-state index in [1.807, 2.05) is 30.3 Å². The Kier molecular flexibility index (Phi) is 5.17. The number of carbonyl (C=O) groups is 1. The number of anilines is 2. The number of nitrogens with two attached hydrogens (primary N) is 1. The second kappa shape index (κ2) is 7.31. The molecular weight excluding hydrogens is 266 g/mol. The van der Waals surface area contributed by atoms with E-state index in [-0.39, 0.29) is 19.2 Å². The quantitative estimate of drug-likeness (QED) is 0.737. The van der Waals surface area contributed by atoms with Crippen LogP contribution in [0.25, 0.3) is 0 Å². The van der Waals surface area contributed by atoms with Crippen LogP contribution in [-0.2, 0) is 6.54 Å². The molecular formula is C16H19N3O2. The summed E-state index contributed by atoms with van der Waals surface area (Å²) in [6.45, 7) is 0.639. The SMILES string of the molecule is Nc1ccc(NC(=O)N(CCO)Cc2ccccc2)cc1. The molecule has 0 radical (unpaired) electrons. The van der Waals surface area contributed by atoms with Crippen LogP contribution in [0.4, 0.5) is 16.2 Å². The molecule has 0 saturated heterocycles. The summed E-state index contributed by atoms with van der Waals surface area (Å²) in [6.07, 6.45) is 0. The van der Waals surface area contributed by atoms with Crippen molar-refractivity contribution in [3.05, 3.63) is 60.2 Å². The van der Waals surface area contributed by atoms with Crippen molar-refractivity contribution in [1.82, 2.24) is 4.90 Å². The summed E-state index contributed by atoms with van der Waals surface area (Å²) in [5, 5.41) is 11.9. The first kappa shape index (κ1) is 14.9. The number of benzene rings is 2. The van der Waals surface area contributed by atoms with Crippen LogP contribution in [0.5, 0.6) is 0 Å². The van der Waals surface area contributed by atoms with E-state index in [2.05, 4.69) is 5.32 Å². The number of urea groups is 1. The Balaban J connectivity index is 2.03. The summed E-state index contributed by atoms with van der Waals surface area (Å²) in [6, 6.07) is 16.3. The minimum absolute atomic E-state index is 0.0814. The molecule has 0 heterocycles. The van der Waals surface area contributed by atoms with Crippen molar-refractivity contribution in [2.45, 2.75) is 6.54 Å². The Morgan fingerprint density at radius 2 is 1.76 bits per heavy atom. The fourth-order valence-corrected chi connectivity index (χ4v) is 1.95. The van der Waals surface area contributed by atoms with Gasteiger partial charge in [-0.1, -0.05) is 30.3 Å². The smallest absolute Gasteiger partial charge is 0.322 e. The second-order valence-corrected chi connectivity index (χ2v) is 4.68. The van der Waals surface area contributed by atoms with E-state index >= 15 is 0 Å². The number of nitrogen functional groups attached to an aromatic ring is 1. The molecule has 0 spiro atoms. The van der Waals surface area contributed by atoms with E-state index < -0.39 is 0 Å². The fourth-order valence-electron chi connectivity index (χ4n) is 1.95. The fraction of sp³-hybridized carbons (Fsp3) is 0.188. The molecule has 0 bridgehead atoms. The van der Waals surface area contributed by atoms with Gasteiger partial charge in [0.25, 0.3) is 0 Å². The number of aliphatic hydroxyl groups is 1. The molecule has 5 heteroatoms. The first-order chi connectivity index (χ1) is 10.2. The maximum Gasteiger partial charge on any atom is 0.322 e. The van der Waals surface area contributed by atoms with Crippen LogP contribution in [0.3, 0.4) is 0 Å². The number of amides is 2. The van der Waals surface area contributed by atoms with Gasteiger partial charge in [0.15, 0.2) is 0 Å². The number of hydrogen-bond acceptors (Lipinski definition) is 3. The van der Waals surface area contributed by atoms with Gasteiger partial charge in [0, 0.05) is 24.5 Å². The van der Waals surface area contributed by atoms with E-state index in [0.29, 0.717) is 17.9 Å². The Bertz CT molecular complexity index is 570. The molecule has 4 N–H and O–H groups in total. The van der Waals surface area contributed by atoms with Gasteiger partial charge < -0.3 is 21.1 Å². The van der Waals surface area contributed by atoms with Crippen molar-refractivity contribution in [2.75, 3.05) is 24.2 Å². The molecule has 0 fully saturated rings. The van der Waals surface area contributed by atoms with Crippen molar-refractivity contribution >= 4 is 17.4 Å². The number of hydrogen-bond donors (Lipinski definition) is 3. The van der Waals surface area contributed by atoms with E-state index in [9.17, 15) is 4.79 Å². The third-order valence-electron chi connectivity index (χ3n) is 3.04. The average molecular weight is 285 g/mol. The molecule has 0 aliphatic carbocycles. The van der Waals surface area contributed by atoms with Crippen molar-refractivity contribution < 1.29 is 9.90 Å². The molecule has 5 nitrogen and oxygen atoms in total. The largest absolute Gasteiger partial charge is 0.399 e. The zero-order valence-electron chi connectivity index (χ0n) is 11.7. The molecule has 2 aromatic rings. The molecule has 110 valence electrons. The van der Waals surface area contributed by atoms with Crippen LogP contribution in [0, 0.1) is 0 Å². The Hall–Kier alpha value is -2.53. The standard InChI is InChI=1S/C16H19N3O2/c17-14-6-8-15(9-7-14)18-16(21)19(10-11-20)12-13-4-2-1-3-5-13/h1-9,20H,10-12,17H2,(H,18,21). The molecule has 0 aliphatic heterocycles. The number of carbonyl (C=O) groups excluding carboxylic acids is 1. The Morgan fingerprint density at radius 3 is 2.38 bits per heavy atom. The molecule has 0 aromatic heterocycles. The molecule has 0 aliphatic rings. The van der Waals surface area contributed by atoms with Gasteiger partial charge in [0.1, 0.15) is 0 Å². The summed E-state index contributed by atoms with van der Waals surface area (Å²) in [5.74, 6) is 0. The molecule has 0 unspecified atom stereocenters. The lowest BCUT2D eigenvalue weighted by atomic mass is 10.2. The number of nitrogens with zero attached hydrogens (tertiary/aromatic N) is 1. The van der Waals surface area contributed by atoms with Crippen molar-refractivity contribution in [1.29, 1.82) is 0 Å². The van der Waals surface area contributed by atoms with Gasteiger partial charge in [-0.3, -0.25) is 0 Å². The third kappa shape index (κ3) is 4.50. The average Bonchev–Trinajstić information content (AvgIpc) is 2.50. The van der Waals surface area contributed by atoms with Crippen molar-refractivity contribution in [3.8, 4) is 0 Å². The summed E-state index contributed by atoms with van der Waals surface area (Å²) in [5.41, 5.74) is 7.94. The summed E-state index contributed by atoms with van der Waals surface area (Å²) < 4.78 is 0. The van der Waals surface area contributed by atoms with Crippen LogP contribution in [0.1, 0.15) is 5.56 Å². The summed E-state index contributed by atoms with van der Waals surface area (Å²) in [7, 11) is 0. The highest BCUT2D eigenvalue weighted by Gasteiger charge is 2.13. The van der Waals surface area contributed by atoms with Crippen LogP contribution in [0.2, 0.25) is 0 Å². The molecule has 0 atom stereocenters. The lowest BCUT2D eigenvalue weighted by Gasteiger charge is -2.22. The molecule has 0 saturated carbocycles. The van der Waals surface area contributed by atoms with Gasteiger partial charge in [0.2, 0.25) is 0 Å². The first-order valence-corrected chi connectivity index (χ1v) is 6.75. The number of rotatable bonds is 5. The van der Waals surface area contributed by atoms with Crippen LogP contribution < -0.4 is 11.1 Å². The van der Waals surface area contributed by atoms with Gasteiger partial charge in [0.05, 0.1) is 6.61 Å². The van der Waals surface area contributed by atoms with Crippen LogP contribution >= 0.6 is 0 Å². The maximum atomic E-state index is 12.3. The minimum atomic E-state index is -0.252. The summed E-state index contributed by atoms with van der Waals surface area (Å²) >= 11 is 0. The molecule has 2 amide bonds. The first-order valence-electron chi connectivity index (χ1n) is 6.75. The second-order valence-electron chi connectivity index (χ2n) is 4.68. The van der Waals surface area contributed by atoms with Gasteiger partial charge in [-0.25, -0.2) is 4.79 Å². The lowest BCUT2D eigenvalue weighted by Crippen LogP contribution is -2.36. The van der Waals surface area contributed by atoms with Gasteiger partial charge in [-0.15, -0.1) is 0 Å². The highest BCUT2D eigenvalue weighted by atomic mass is 16.3. The predicted octanol–water partition coefficient (Wildman–Crippen LogP) is 2.30. The molecule has 2 rings (SSSR count). The van der Waals surface area contributed by atoms with Crippen LogP contribution in [-0.4, -0.2) is 29.2 Å². The molecule has 21 heavy (non-hydrogen) atoms. The van der Waals surface area contributed by atoms with Crippen LogP contribution in [0.15, 0.2) is 54.6 Å². The van der Waals surface area contributed by atoms with Gasteiger partial charge in [-0.05, 0) is 29.8 Å². The number of nitrogens with one attached hydrogen (secondary N) is 1. The summed E-state index contributed by atoms with van der Waals surface area (Å²) in [4.78, 5) is 13.8. The topological polar surface area (TPSA) is 78.6 Å². The molecule has 2 aromatic carbocycles. The van der Waals surface area contributed by atoms with E-state index in [0.717, 1.165) is 5.56 Å². The van der Waals surface area contributed by atoms with E-state index in [1.54, 1.807) is 29.2 Å². The van der Waals surface area contributed by atoms with E-state index in [1.165, 1.54) is 0 Å². The minimum Gasteiger partial charge on any atom is -0.399 e. The van der Waals surface area contributed by atoms with Gasteiger partial charge in [-0.2, -0.15) is 0 Å². The van der Waals surface area contributed by atoms with Crippen molar-refractivity contribution in [3.63, 3.8) is 0 Å². The highest BCUT2D eigenvalue weighted by molar-refractivity contribution is 5.89. The van der Waals surface area contributed by atoms with Crippen molar-refractivity contribution in [2.24, 2.45) is 0 Å². The monoisotopic (exact) mass is 285 g/mol. The highest BCUT2D eigenvalue weighted by Crippen LogP contribution is 2.12. The Labute approximate surface area is 124 Å². The third-order valence-corrected chi connectivity index (χ3v) is 3.04. The van der Waals surface area contributed by atoms with Gasteiger partial charge >= 0.3 is 6.03 Å². The van der Waals surface area contributed by atoms with E-state index in [4.69, 9.17) is 10.8 Å². The lowest BCUT2D eigenvalue weighted by molar-refractivity contribution is 0.185. The normalized spacial score (nSPS) is 10.1. The number of aliphatic hydroxyl groups excluding tert-OH is 1. The Morgan fingerprint density at radius 1 is 1.10 bits per heavy atom. The zero-order chi connectivity index (χ0) is 15.1. The zero-order valence-corrected chi connectivity index (χ0v) is 11.7. The maximum absolute atomic E-state index is 12.3. The predicted molar refractivity (Wildman–Crippen MR) is 83.8 cm³/mol.